The van der Waals surface area contributed by atoms with Crippen molar-refractivity contribution < 1.29 is 13.2 Å². The number of rotatable bonds is 5. The first-order valence-electron chi connectivity index (χ1n) is 9.37. The van der Waals surface area contributed by atoms with E-state index in [4.69, 9.17) is 0 Å². The van der Waals surface area contributed by atoms with E-state index < -0.39 is 15.9 Å². The minimum absolute atomic E-state index is 0.00479. The zero-order valence-electron chi connectivity index (χ0n) is 16.7. The van der Waals surface area contributed by atoms with Crippen LogP contribution in [0.3, 0.4) is 0 Å². The molecule has 2 atom stereocenters. The monoisotopic (exact) mass is 391 g/mol. The topological polar surface area (TPSA) is 78.8 Å². The van der Waals surface area contributed by atoms with Crippen LogP contribution in [-0.4, -0.2) is 37.9 Å². The third-order valence-corrected chi connectivity index (χ3v) is 8.74. The number of sulfonamides is 1. The Morgan fingerprint density at radius 3 is 2.41 bits per heavy atom. The lowest BCUT2D eigenvalue weighted by molar-refractivity contribution is -0.121. The molecule has 3 rings (SSSR count). The third kappa shape index (κ3) is 3.31. The molecule has 0 spiro atoms. The van der Waals surface area contributed by atoms with E-state index in [0.717, 1.165) is 28.4 Å². The van der Waals surface area contributed by atoms with Gasteiger partial charge in [-0.2, -0.15) is 9.41 Å². The fourth-order valence-corrected chi connectivity index (χ4v) is 5.57. The summed E-state index contributed by atoms with van der Waals surface area (Å²) in [7, 11) is -2.30. The van der Waals surface area contributed by atoms with Gasteiger partial charge in [-0.3, -0.25) is 4.79 Å². The second-order valence-electron chi connectivity index (χ2n) is 8.66. The van der Waals surface area contributed by atoms with Gasteiger partial charge in [-0.05, 0) is 49.7 Å². The normalized spacial score (nSPS) is 28.1. The average Bonchev–Trinajstić information content (AvgIpc) is 2.93. The summed E-state index contributed by atoms with van der Waals surface area (Å²) >= 11 is 0. The second kappa shape index (κ2) is 6.71. The molecular formula is C20H29N3O3S. The molecule has 1 aromatic carbocycles. The highest BCUT2D eigenvalue weighted by atomic mass is 32.2. The van der Waals surface area contributed by atoms with Gasteiger partial charge in [0.25, 0.3) is 5.91 Å². The number of carbonyl (C=O) groups excluding carboxylic acids is 1. The standard InChI is InChI=1S/C20H29N3O3S/c1-14-6-8-16(9-7-14)27(25,26)23(5)13-18(24)22-21-17-12-15-10-11-20(17,4)19(15,2)3/h6-9,15H,10-13H2,1-5H3,(H,22,24). The van der Waals surface area contributed by atoms with E-state index in [-0.39, 0.29) is 22.3 Å². The zero-order valence-corrected chi connectivity index (χ0v) is 17.6. The maximum atomic E-state index is 12.6. The Morgan fingerprint density at radius 2 is 1.89 bits per heavy atom. The van der Waals surface area contributed by atoms with Crippen LogP contribution in [0.4, 0.5) is 0 Å². The highest BCUT2D eigenvalue weighted by molar-refractivity contribution is 7.89. The van der Waals surface area contributed by atoms with E-state index in [1.807, 2.05) is 6.92 Å². The number of amides is 1. The fourth-order valence-electron chi connectivity index (χ4n) is 4.44. The molecule has 2 aliphatic rings. The van der Waals surface area contributed by atoms with Gasteiger partial charge >= 0.3 is 0 Å². The van der Waals surface area contributed by atoms with Crippen molar-refractivity contribution >= 4 is 21.6 Å². The van der Waals surface area contributed by atoms with Crippen molar-refractivity contribution in [2.75, 3.05) is 13.6 Å². The van der Waals surface area contributed by atoms with E-state index in [1.54, 1.807) is 24.3 Å². The summed E-state index contributed by atoms with van der Waals surface area (Å²) < 4.78 is 26.2. The molecule has 0 radical (unpaired) electrons. The largest absolute Gasteiger partial charge is 0.272 e. The summed E-state index contributed by atoms with van der Waals surface area (Å²) in [6, 6.07) is 6.59. The van der Waals surface area contributed by atoms with Crippen LogP contribution in [0, 0.1) is 23.7 Å². The van der Waals surface area contributed by atoms with Crippen LogP contribution in [0.15, 0.2) is 34.3 Å². The number of benzene rings is 1. The lowest BCUT2D eigenvalue weighted by Gasteiger charge is -2.34. The molecule has 0 saturated heterocycles. The summed E-state index contributed by atoms with van der Waals surface area (Å²) in [4.78, 5) is 12.5. The summed E-state index contributed by atoms with van der Waals surface area (Å²) in [5.41, 5.74) is 4.77. The minimum atomic E-state index is -3.70. The smallest absolute Gasteiger partial charge is 0.255 e. The number of aryl methyl sites for hydroxylation is 1. The predicted octanol–water partition coefficient (Wildman–Crippen LogP) is 2.93. The van der Waals surface area contributed by atoms with Crippen molar-refractivity contribution in [3.05, 3.63) is 29.8 Å². The summed E-state index contributed by atoms with van der Waals surface area (Å²) in [5.74, 6) is 0.174. The molecule has 27 heavy (non-hydrogen) atoms. The molecule has 6 nitrogen and oxygen atoms in total. The Balaban J connectivity index is 1.65. The van der Waals surface area contributed by atoms with E-state index in [2.05, 4.69) is 31.3 Å². The molecule has 2 aliphatic carbocycles. The number of likely N-dealkylation sites (N-methyl/N-ethyl adjacent to an activating group) is 1. The number of nitrogens with one attached hydrogen (secondary N) is 1. The Labute approximate surface area is 162 Å². The first-order chi connectivity index (χ1) is 12.5. The quantitative estimate of drug-likeness (QED) is 0.784. The van der Waals surface area contributed by atoms with Crippen molar-refractivity contribution in [2.45, 2.75) is 51.9 Å². The van der Waals surface area contributed by atoms with E-state index >= 15 is 0 Å². The molecule has 148 valence electrons. The van der Waals surface area contributed by atoms with Gasteiger partial charge in [-0.15, -0.1) is 0 Å². The number of fused-ring (bicyclic) bond motifs is 2. The Kier molecular flexibility index (Phi) is 4.97. The van der Waals surface area contributed by atoms with E-state index in [0.29, 0.717) is 5.92 Å². The van der Waals surface area contributed by atoms with Crippen LogP contribution in [-0.2, 0) is 14.8 Å². The maximum absolute atomic E-state index is 12.6. The molecule has 1 aromatic rings. The summed E-state index contributed by atoms with van der Waals surface area (Å²) in [5, 5.41) is 4.39. The first kappa shape index (κ1) is 20.0. The summed E-state index contributed by atoms with van der Waals surface area (Å²) in [6.07, 6.45) is 3.19. The SMILES string of the molecule is Cc1ccc(S(=O)(=O)N(C)CC(=O)NN=C2CC3CCC2(C)C3(C)C)cc1. The van der Waals surface area contributed by atoms with Crippen molar-refractivity contribution in [3.63, 3.8) is 0 Å². The van der Waals surface area contributed by atoms with Gasteiger partial charge in [0.15, 0.2) is 0 Å². The number of hydrogen-bond donors (Lipinski definition) is 1. The first-order valence-corrected chi connectivity index (χ1v) is 10.8. The Bertz CT molecular complexity index is 874. The molecule has 2 saturated carbocycles. The third-order valence-electron chi connectivity index (χ3n) is 6.92. The molecular weight excluding hydrogens is 362 g/mol. The molecule has 0 aliphatic heterocycles. The number of hydrazone groups is 1. The van der Waals surface area contributed by atoms with Gasteiger partial charge in [0.05, 0.1) is 11.4 Å². The molecule has 0 heterocycles. The summed E-state index contributed by atoms with van der Waals surface area (Å²) in [6.45, 7) is 8.40. The molecule has 7 heteroatoms. The van der Waals surface area contributed by atoms with E-state index in [1.165, 1.54) is 13.5 Å². The fraction of sp³-hybridized carbons (Fsp3) is 0.600. The van der Waals surface area contributed by atoms with Crippen molar-refractivity contribution in [3.8, 4) is 0 Å². The highest BCUT2D eigenvalue weighted by Gasteiger charge is 2.60. The molecule has 2 fully saturated rings. The van der Waals surface area contributed by atoms with Crippen molar-refractivity contribution in [2.24, 2.45) is 21.8 Å². The zero-order chi connectivity index (χ0) is 20.0. The maximum Gasteiger partial charge on any atom is 0.255 e. The van der Waals surface area contributed by atoms with E-state index in [9.17, 15) is 13.2 Å². The van der Waals surface area contributed by atoms with Crippen molar-refractivity contribution in [1.82, 2.24) is 9.73 Å². The van der Waals surface area contributed by atoms with Crippen LogP contribution >= 0.6 is 0 Å². The van der Waals surface area contributed by atoms with Crippen LogP contribution < -0.4 is 5.43 Å². The van der Waals surface area contributed by atoms with Gasteiger partial charge in [0, 0.05) is 18.2 Å². The van der Waals surface area contributed by atoms with Gasteiger partial charge in [-0.1, -0.05) is 38.5 Å². The Morgan fingerprint density at radius 1 is 1.26 bits per heavy atom. The molecule has 1 N–H and O–H groups in total. The van der Waals surface area contributed by atoms with Crippen LogP contribution in [0.25, 0.3) is 0 Å². The van der Waals surface area contributed by atoms with Crippen LogP contribution in [0.2, 0.25) is 0 Å². The van der Waals surface area contributed by atoms with Crippen LogP contribution in [0.5, 0.6) is 0 Å². The van der Waals surface area contributed by atoms with Gasteiger partial charge in [0.2, 0.25) is 10.0 Å². The predicted molar refractivity (Wildman–Crippen MR) is 106 cm³/mol. The van der Waals surface area contributed by atoms with Gasteiger partial charge in [0.1, 0.15) is 0 Å². The molecule has 1 amide bonds. The van der Waals surface area contributed by atoms with Gasteiger partial charge in [-0.25, -0.2) is 13.8 Å². The minimum Gasteiger partial charge on any atom is -0.272 e. The lowest BCUT2D eigenvalue weighted by atomic mass is 9.70. The van der Waals surface area contributed by atoms with Crippen molar-refractivity contribution in [1.29, 1.82) is 0 Å². The van der Waals surface area contributed by atoms with Gasteiger partial charge < -0.3 is 0 Å². The second-order valence-corrected chi connectivity index (χ2v) is 10.7. The number of nitrogens with zero attached hydrogens (tertiary/aromatic N) is 2. The Hall–Kier alpha value is -1.73. The molecule has 2 unspecified atom stereocenters. The average molecular weight is 392 g/mol. The lowest BCUT2D eigenvalue weighted by Crippen LogP contribution is -2.38. The molecule has 2 bridgehead atoms. The van der Waals surface area contributed by atoms with Crippen LogP contribution in [0.1, 0.15) is 45.6 Å². The number of hydrogen-bond acceptors (Lipinski definition) is 4. The highest BCUT2D eigenvalue weighted by Crippen LogP contribution is 2.63. The molecule has 0 aromatic heterocycles. The number of carbonyl (C=O) groups is 1.